The lowest BCUT2D eigenvalue weighted by Crippen LogP contribution is -2.61. The minimum Gasteiger partial charge on any atom is -0.481 e. The highest BCUT2D eigenvalue weighted by molar-refractivity contribution is 5.73. The predicted molar refractivity (Wildman–Crippen MR) is 282 cm³/mol. The van der Waals surface area contributed by atoms with Crippen LogP contribution in [0.4, 0.5) is 4.39 Å². The average Bonchev–Trinajstić information content (AvgIpc) is 3.87. The van der Waals surface area contributed by atoms with Crippen molar-refractivity contribution in [3.63, 3.8) is 0 Å². The van der Waals surface area contributed by atoms with E-state index in [0.29, 0.717) is 43.9 Å². The van der Waals surface area contributed by atoms with Gasteiger partial charge in [-0.3, -0.25) is 4.79 Å². The van der Waals surface area contributed by atoms with E-state index in [-0.39, 0.29) is 25.2 Å². The zero-order valence-electron chi connectivity index (χ0n) is 47.3. The van der Waals surface area contributed by atoms with Crippen LogP contribution >= 0.6 is 0 Å². The molecule has 3 aliphatic rings. The molecule has 19 atom stereocenters. The van der Waals surface area contributed by atoms with Crippen molar-refractivity contribution in [2.45, 2.75) is 204 Å². The van der Waals surface area contributed by atoms with Gasteiger partial charge in [-0.25, -0.2) is 14.1 Å². The summed E-state index contributed by atoms with van der Waals surface area (Å²) in [6.07, 6.45) is -5.01. The molecule has 19 nitrogen and oxygen atoms in total. The van der Waals surface area contributed by atoms with E-state index in [4.69, 9.17) is 33.2 Å². The van der Waals surface area contributed by atoms with E-state index in [1.54, 1.807) is 78.7 Å². The molecule has 3 aromatic rings. The van der Waals surface area contributed by atoms with Crippen molar-refractivity contribution < 1.29 is 67.9 Å². The first-order chi connectivity index (χ1) is 35.8. The fourth-order valence-electron chi connectivity index (χ4n) is 11.7. The number of aliphatic hydroxyl groups is 5. The number of hydrogen-bond acceptors (Lipinski definition) is 18. The molecule has 1 aromatic carbocycles. The summed E-state index contributed by atoms with van der Waals surface area (Å²) >= 11 is 0. The Morgan fingerprint density at radius 2 is 1.62 bits per heavy atom. The molecule has 0 unspecified atom stereocenters. The summed E-state index contributed by atoms with van der Waals surface area (Å²) in [5.74, 6) is -2.33. The Morgan fingerprint density at radius 1 is 0.934 bits per heavy atom. The van der Waals surface area contributed by atoms with Gasteiger partial charge in [0.05, 0.1) is 60.4 Å². The summed E-state index contributed by atoms with van der Waals surface area (Å²) < 4.78 is 59.7. The van der Waals surface area contributed by atoms with E-state index in [9.17, 15) is 34.7 Å². The van der Waals surface area contributed by atoms with E-state index in [1.807, 2.05) is 68.1 Å². The van der Waals surface area contributed by atoms with Crippen LogP contribution in [0.1, 0.15) is 112 Å². The van der Waals surface area contributed by atoms with Gasteiger partial charge in [-0.1, -0.05) is 50.3 Å². The van der Waals surface area contributed by atoms with Crippen molar-refractivity contribution in [3.8, 4) is 17.0 Å². The van der Waals surface area contributed by atoms with Crippen molar-refractivity contribution in [2.24, 2.45) is 17.8 Å². The highest BCUT2D eigenvalue weighted by Gasteiger charge is 2.53. The van der Waals surface area contributed by atoms with Crippen LogP contribution < -0.4 is 4.74 Å². The van der Waals surface area contributed by atoms with Crippen LogP contribution in [0.2, 0.25) is 0 Å². The summed E-state index contributed by atoms with van der Waals surface area (Å²) in [7, 11) is 6.80. The zero-order valence-corrected chi connectivity index (χ0v) is 47.3. The van der Waals surface area contributed by atoms with Gasteiger partial charge in [0.15, 0.2) is 12.6 Å². The number of carbonyl (C=O) groups excluding carboxylic acids is 1. The Kier molecular flexibility index (Phi) is 21.0. The first kappa shape index (κ1) is 61.4. The lowest BCUT2D eigenvalue weighted by Gasteiger charge is -2.49. The minimum atomic E-state index is -1.85. The minimum absolute atomic E-state index is 0.0871. The third-order valence-electron chi connectivity index (χ3n) is 16.6. The number of likely N-dealkylation sites (N-methyl/N-ethyl adjacent to an activating group) is 2. The first-order valence-electron chi connectivity index (χ1n) is 27.1. The molecule has 5 N–H and O–H groups in total. The van der Waals surface area contributed by atoms with Gasteiger partial charge in [0.25, 0.3) is 0 Å². The second-order valence-corrected chi connectivity index (χ2v) is 22.9. The lowest BCUT2D eigenvalue weighted by molar-refractivity contribution is -0.318. The number of carbonyl (C=O) groups is 1. The molecular formula is C56H89FN6O13. The quantitative estimate of drug-likeness (QED) is 0.120. The number of halogens is 1. The van der Waals surface area contributed by atoms with Gasteiger partial charge in [-0.05, 0) is 111 Å². The van der Waals surface area contributed by atoms with Crippen molar-refractivity contribution >= 4 is 5.97 Å². The number of cyclic esters (lactones) is 1. The van der Waals surface area contributed by atoms with E-state index >= 15 is 0 Å². The average molecular weight is 1070 g/mol. The number of benzene rings is 1. The molecule has 0 bridgehead atoms. The molecular weight excluding hydrogens is 984 g/mol. The number of esters is 1. The van der Waals surface area contributed by atoms with Crippen LogP contribution in [0.25, 0.3) is 11.1 Å². The second kappa shape index (κ2) is 26.0. The van der Waals surface area contributed by atoms with Gasteiger partial charge in [0.2, 0.25) is 5.88 Å². The van der Waals surface area contributed by atoms with Gasteiger partial charge in [0, 0.05) is 75.1 Å². The molecule has 0 radical (unpaired) electrons. The topological polar surface area (TPSA) is 233 Å². The standard InChI is InChI=1S/C56H89FN6O13/c1-15-44-56(10,69)49(65)36(6)62(12)30-32(2)26-54(8,68)51(34(4)48(35(5)52(67)74-44)75-46-27-55(9,71-14)50(66)37(7)73-46)76-53-47(64)43(24-33(3)72-53)61(11)23-22-41-31-63(60-59-41)42(28-57)25-38-16-18-39(19-17-38)40-20-21-45(70-13)58-29-40/h16-21,29,31-37,42-44,46-51,53,64-66,68-69H,15,22-28,30H2,1-14H3/t32-,33-,34+,35-,36-,37+,42+,43+,44-,46+,47-,48+,49-,50+,51-,53+,54-,55-,56-/m1/s1. The van der Waals surface area contributed by atoms with Crippen LogP contribution in [0.15, 0.2) is 48.8 Å². The van der Waals surface area contributed by atoms with Crippen LogP contribution in [0.3, 0.4) is 0 Å². The molecule has 76 heavy (non-hydrogen) atoms. The SMILES string of the molecule is CC[C@H]1OC(=O)[C@H](C)[C@@H](O[C@H]2C[C@@](C)(OC)[C@@H](O)[C@H](C)O2)[C@H](C)[C@@H](O[C@@H]2O[C@H](C)C[C@H](N(C)CCc3cn([C@H](CF)Cc4ccc(-c5ccc(OC)nc5)cc4)nn3)[C@H]2O)[C@](C)(O)C[C@@H](C)CN(C)[C@H](C)[C@@H](O)[C@]1(C)O. The van der Waals surface area contributed by atoms with Crippen LogP contribution in [0.5, 0.6) is 5.88 Å². The molecule has 3 aliphatic heterocycles. The van der Waals surface area contributed by atoms with Crippen LogP contribution in [-0.2, 0) is 46.1 Å². The van der Waals surface area contributed by atoms with Gasteiger partial charge in [-0.2, -0.15) is 0 Å². The molecule has 5 heterocycles. The largest absolute Gasteiger partial charge is 0.481 e. The molecule has 2 aromatic heterocycles. The summed E-state index contributed by atoms with van der Waals surface area (Å²) in [6, 6.07) is 10.0. The van der Waals surface area contributed by atoms with Crippen molar-refractivity contribution in [2.75, 3.05) is 48.1 Å². The number of nitrogens with zero attached hydrogens (tertiary/aromatic N) is 6. The molecule has 0 amide bonds. The molecule has 20 heteroatoms. The molecule has 0 spiro atoms. The zero-order chi connectivity index (χ0) is 56.0. The van der Waals surface area contributed by atoms with Gasteiger partial charge < -0.3 is 68.5 Å². The van der Waals surface area contributed by atoms with Crippen molar-refractivity contribution in [1.29, 1.82) is 0 Å². The summed E-state index contributed by atoms with van der Waals surface area (Å²) in [5.41, 5.74) is -1.07. The maximum Gasteiger partial charge on any atom is 0.311 e. The monoisotopic (exact) mass is 1070 g/mol. The molecule has 6 rings (SSSR count). The van der Waals surface area contributed by atoms with Crippen LogP contribution in [0, 0.1) is 17.8 Å². The third-order valence-corrected chi connectivity index (χ3v) is 16.6. The highest BCUT2D eigenvalue weighted by atomic mass is 19.1. The molecule has 428 valence electrons. The number of rotatable bonds is 16. The normalized spacial score (nSPS) is 38.0. The predicted octanol–water partition coefficient (Wildman–Crippen LogP) is 4.93. The summed E-state index contributed by atoms with van der Waals surface area (Å²) in [4.78, 5) is 22.7. The lowest BCUT2D eigenvalue weighted by atomic mass is 9.77. The number of aliphatic hydroxyl groups excluding tert-OH is 3. The fraction of sp³-hybridized carbons (Fsp3) is 0.750. The summed E-state index contributed by atoms with van der Waals surface area (Å²) in [5, 5.41) is 68.6. The van der Waals surface area contributed by atoms with E-state index in [0.717, 1.165) is 16.7 Å². The van der Waals surface area contributed by atoms with Gasteiger partial charge >= 0.3 is 5.97 Å². The Morgan fingerprint density at radius 3 is 2.24 bits per heavy atom. The number of pyridine rings is 1. The molecule has 3 fully saturated rings. The van der Waals surface area contributed by atoms with E-state index in [1.165, 1.54) is 14.0 Å². The maximum absolute atomic E-state index is 14.6. The van der Waals surface area contributed by atoms with Crippen LogP contribution in [-0.4, -0.2) is 200 Å². The maximum atomic E-state index is 14.6. The van der Waals surface area contributed by atoms with Crippen molar-refractivity contribution in [3.05, 3.63) is 60.0 Å². The van der Waals surface area contributed by atoms with Crippen molar-refractivity contribution in [1.82, 2.24) is 29.8 Å². The first-order valence-corrected chi connectivity index (χ1v) is 27.1. The number of ether oxygens (including phenoxy) is 7. The number of hydrogen-bond donors (Lipinski definition) is 5. The van der Waals surface area contributed by atoms with E-state index in [2.05, 4.69) is 15.3 Å². The Bertz CT molecular complexity index is 2280. The number of aromatic nitrogens is 4. The van der Waals surface area contributed by atoms with Gasteiger partial charge in [0.1, 0.15) is 36.7 Å². The number of methoxy groups -OCH3 is 2. The third kappa shape index (κ3) is 14.3. The fourth-order valence-corrected chi connectivity index (χ4v) is 11.7. The molecule has 0 aliphatic carbocycles. The Balaban J connectivity index is 1.23. The smallest absolute Gasteiger partial charge is 0.311 e. The summed E-state index contributed by atoms with van der Waals surface area (Å²) in [6.45, 7) is 17.7. The molecule has 0 saturated carbocycles. The van der Waals surface area contributed by atoms with Gasteiger partial charge in [-0.15, -0.1) is 5.10 Å². The Hall–Kier alpha value is -3.77. The molecule has 3 saturated heterocycles. The second-order valence-electron chi connectivity index (χ2n) is 22.9. The Labute approximate surface area is 449 Å². The highest BCUT2D eigenvalue weighted by Crippen LogP contribution is 2.40. The van der Waals surface area contributed by atoms with E-state index < -0.39 is 121 Å². The number of alkyl halides is 1.